The van der Waals surface area contributed by atoms with Gasteiger partial charge in [-0.15, -0.1) is 0 Å². The van der Waals surface area contributed by atoms with Crippen LogP contribution < -0.4 is 10.5 Å². The summed E-state index contributed by atoms with van der Waals surface area (Å²) < 4.78 is 5.32. The van der Waals surface area contributed by atoms with Crippen LogP contribution in [0.5, 0.6) is 5.75 Å². The molecule has 0 amide bonds. The Balaban J connectivity index is 2.34. The van der Waals surface area contributed by atoms with Crippen LogP contribution in [0.4, 0.5) is 0 Å². The number of nitrogens with two attached hydrogens (primary N) is 1. The van der Waals surface area contributed by atoms with Crippen molar-refractivity contribution in [2.24, 2.45) is 11.1 Å². The summed E-state index contributed by atoms with van der Waals surface area (Å²) in [7, 11) is 1.61. The molecule has 0 aliphatic heterocycles. The third kappa shape index (κ3) is 2.81. The highest BCUT2D eigenvalue weighted by molar-refractivity contribution is 6.03. The highest BCUT2D eigenvalue weighted by Gasteiger charge is 2.38. The van der Waals surface area contributed by atoms with Crippen molar-refractivity contribution in [1.82, 2.24) is 0 Å². The third-order valence-electron chi connectivity index (χ3n) is 4.28. The number of rotatable bonds is 4. The second-order valence-electron chi connectivity index (χ2n) is 5.43. The molecule has 1 fully saturated rings. The lowest BCUT2D eigenvalue weighted by Gasteiger charge is -2.30. The first kappa shape index (κ1) is 14.1. The lowest BCUT2D eigenvalue weighted by Crippen LogP contribution is -2.38. The smallest absolute Gasteiger partial charge is 0.173 e. The van der Waals surface area contributed by atoms with Crippen LogP contribution in [-0.4, -0.2) is 19.4 Å². The van der Waals surface area contributed by atoms with Gasteiger partial charge in [-0.3, -0.25) is 4.79 Å². The van der Waals surface area contributed by atoms with Crippen LogP contribution in [0.2, 0.25) is 0 Å². The fourth-order valence-corrected chi connectivity index (χ4v) is 3.05. The number of para-hydroxylation sites is 1. The molecule has 0 spiro atoms. The molecule has 1 aromatic carbocycles. The number of methoxy groups -OCH3 is 1. The molecule has 1 saturated carbocycles. The quantitative estimate of drug-likeness (QED) is 0.669. The Bertz CT molecular complexity index is 434. The molecule has 0 bridgehead atoms. The van der Waals surface area contributed by atoms with Gasteiger partial charge in [-0.25, -0.2) is 0 Å². The molecule has 0 heterocycles. The van der Waals surface area contributed by atoms with E-state index in [4.69, 9.17) is 10.5 Å². The molecule has 19 heavy (non-hydrogen) atoms. The summed E-state index contributed by atoms with van der Waals surface area (Å²) in [4.78, 5) is 12.9. The van der Waals surface area contributed by atoms with Crippen molar-refractivity contribution in [1.29, 1.82) is 0 Å². The first-order valence-corrected chi connectivity index (χ1v) is 7.11. The monoisotopic (exact) mass is 261 g/mol. The first-order valence-electron chi connectivity index (χ1n) is 7.11. The zero-order chi connectivity index (χ0) is 13.7. The number of carbonyl (C=O) groups is 1. The molecule has 104 valence electrons. The molecule has 3 nitrogen and oxygen atoms in total. The average molecular weight is 261 g/mol. The molecule has 3 heteroatoms. The molecule has 1 aromatic rings. The summed E-state index contributed by atoms with van der Waals surface area (Å²) in [6.07, 6.45) is 6.42. The van der Waals surface area contributed by atoms with Crippen LogP contribution in [0.25, 0.3) is 0 Å². The topological polar surface area (TPSA) is 52.3 Å². The number of hydrogen-bond donors (Lipinski definition) is 1. The fraction of sp³-hybridized carbons (Fsp3) is 0.562. The van der Waals surface area contributed by atoms with Crippen molar-refractivity contribution >= 4 is 5.78 Å². The summed E-state index contributed by atoms with van der Waals surface area (Å²) in [5, 5.41) is 0. The van der Waals surface area contributed by atoms with Gasteiger partial charge in [0.25, 0.3) is 0 Å². The van der Waals surface area contributed by atoms with Gasteiger partial charge in [-0.2, -0.15) is 0 Å². The number of hydrogen-bond acceptors (Lipinski definition) is 3. The lowest BCUT2D eigenvalue weighted by molar-refractivity contribution is 0.0771. The SMILES string of the molecule is COc1ccccc1C(=O)C1(CN)CCCCCC1. The lowest BCUT2D eigenvalue weighted by atomic mass is 9.74. The van der Waals surface area contributed by atoms with Gasteiger partial charge < -0.3 is 10.5 Å². The summed E-state index contributed by atoms with van der Waals surface area (Å²) in [5.41, 5.74) is 6.27. The van der Waals surface area contributed by atoms with Crippen molar-refractivity contribution < 1.29 is 9.53 Å². The van der Waals surface area contributed by atoms with E-state index in [1.807, 2.05) is 24.3 Å². The van der Waals surface area contributed by atoms with Crippen LogP contribution in [0.3, 0.4) is 0 Å². The van der Waals surface area contributed by atoms with Gasteiger partial charge in [0.05, 0.1) is 12.7 Å². The minimum atomic E-state index is -0.384. The molecule has 1 aliphatic rings. The molecule has 1 aliphatic carbocycles. The van der Waals surface area contributed by atoms with E-state index in [0.29, 0.717) is 17.9 Å². The van der Waals surface area contributed by atoms with Gasteiger partial charge in [0, 0.05) is 12.0 Å². The summed E-state index contributed by atoms with van der Waals surface area (Å²) >= 11 is 0. The Labute approximate surface area is 115 Å². The van der Waals surface area contributed by atoms with Gasteiger partial charge in [0.2, 0.25) is 0 Å². The second kappa shape index (κ2) is 6.20. The minimum absolute atomic E-state index is 0.161. The zero-order valence-corrected chi connectivity index (χ0v) is 11.7. The fourth-order valence-electron chi connectivity index (χ4n) is 3.05. The van der Waals surface area contributed by atoms with E-state index in [1.54, 1.807) is 7.11 Å². The second-order valence-corrected chi connectivity index (χ2v) is 5.43. The molecule has 0 aromatic heterocycles. The summed E-state index contributed by atoms with van der Waals surface area (Å²) in [5.74, 6) is 0.818. The van der Waals surface area contributed by atoms with Crippen LogP contribution >= 0.6 is 0 Å². The van der Waals surface area contributed by atoms with Crippen LogP contribution in [0.15, 0.2) is 24.3 Å². The Kier molecular flexibility index (Phi) is 4.59. The molecular weight excluding hydrogens is 238 g/mol. The molecule has 0 atom stereocenters. The number of ether oxygens (including phenoxy) is 1. The van der Waals surface area contributed by atoms with E-state index >= 15 is 0 Å². The largest absolute Gasteiger partial charge is 0.496 e. The van der Waals surface area contributed by atoms with E-state index in [2.05, 4.69) is 0 Å². The van der Waals surface area contributed by atoms with E-state index in [0.717, 1.165) is 25.7 Å². The Hall–Kier alpha value is -1.35. The molecule has 2 N–H and O–H groups in total. The van der Waals surface area contributed by atoms with E-state index < -0.39 is 0 Å². The zero-order valence-electron chi connectivity index (χ0n) is 11.7. The maximum absolute atomic E-state index is 12.9. The van der Waals surface area contributed by atoms with Crippen molar-refractivity contribution in [2.75, 3.05) is 13.7 Å². The molecule has 2 rings (SSSR count). The van der Waals surface area contributed by atoms with Crippen molar-refractivity contribution in [3.05, 3.63) is 29.8 Å². The summed E-state index contributed by atoms with van der Waals surface area (Å²) in [6, 6.07) is 7.46. The number of ketones is 1. The van der Waals surface area contributed by atoms with Crippen LogP contribution in [0, 0.1) is 5.41 Å². The van der Waals surface area contributed by atoms with Crippen molar-refractivity contribution in [3.63, 3.8) is 0 Å². The van der Waals surface area contributed by atoms with Gasteiger partial charge in [0.15, 0.2) is 5.78 Å². The van der Waals surface area contributed by atoms with Gasteiger partial charge >= 0.3 is 0 Å². The van der Waals surface area contributed by atoms with Crippen molar-refractivity contribution in [2.45, 2.75) is 38.5 Å². The highest BCUT2D eigenvalue weighted by atomic mass is 16.5. The Morgan fingerprint density at radius 1 is 1.21 bits per heavy atom. The third-order valence-corrected chi connectivity index (χ3v) is 4.28. The standard InChI is InChI=1S/C16H23NO2/c1-19-14-9-5-4-8-13(14)15(18)16(12-17)10-6-2-3-7-11-16/h4-5,8-9H,2-3,6-7,10-12,17H2,1H3. The minimum Gasteiger partial charge on any atom is -0.496 e. The predicted octanol–water partition coefficient (Wildman–Crippen LogP) is 3.18. The highest BCUT2D eigenvalue weighted by Crippen LogP contribution is 2.38. The maximum Gasteiger partial charge on any atom is 0.173 e. The number of Topliss-reactive ketones (excluding diaryl/α,β-unsaturated/α-hetero) is 1. The van der Waals surface area contributed by atoms with E-state index in [9.17, 15) is 4.79 Å². The van der Waals surface area contributed by atoms with Gasteiger partial charge in [-0.1, -0.05) is 37.8 Å². The molecule has 0 saturated heterocycles. The normalized spacial score (nSPS) is 18.6. The molecule has 0 unspecified atom stereocenters. The number of benzene rings is 1. The number of carbonyl (C=O) groups excluding carboxylic acids is 1. The summed E-state index contributed by atoms with van der Waals surface area (Å²) in [6.45, 7) is 0.434. The Morgan fingerprint density at radius 3 is 2.42 bits per heavy atom. The van der Waals surface area contributed by atoms with E-state index in [1.165, 1.54) is 12.8 Å². The van der Waals surface area contributed by atoms with Crippen molar-refractivity contribution in [3.8, 4) is 5.75 Å². The first-order chi connectivity index (χ1) is 9.23. The van der Waals surface area contributed by atoms with Gasteiger partial charge in [-0.05, 0) is 25.0 Å². The maximum atomic E-state index is 12.9. The van der Waals surface area contributed by atoms with Gasteiger partial charge in [0.1, 0.15) is 5.75 Å². The predicted molar refractivity (Wildman–Crippen MR) is 76.5 cm³/mol. The van der Waals surface area contributed by atoms with Crippen LogP contribution in [0.1, 0.15) is 48.9 Å². The molecule has 0 radical (unpaired) electrons. The Morgan fingerprint density at radius 2 is 1.84 bits per heavy atom. The van der Waals surface area contributed by atoms with E-state index in [-0.39, 0.29) is 11.2 Å². The average Bonchev–Trinajstić information content (AvgIpc) is 2.72. The van der Waals surface area contributed by atoms with Crippen LogP contribution in [-0.2, 0) is 0 Å². The molecular formula is C16H23NO2.